The van der Waals surface area contributed by atoms with Crippen molar-refractivity contribution < 1.29 is 9.53 Å². The van der Waals surface area contributed by atoms with Crippen LogP contribution < -0.4 is 0 Å². The van der Waals surface area contributed by atoms with Crippen molar-refractivity contribution in [2.75, 3.05) is 39.4 Å². The number of hydrogen-bond acceptors (Lipinski definition) is 6. The van der Waals surface area contributed by atoms with Crippen LogP contribution in [0, 0.1) is 0 Å². The predicted octanol–water partition coefficient (Wildman–Crippen LogP) is 4.67. The van der Waals surface area contributed by atoms with Crippen molar-refractivity contribution in [3.8, 4) is 11.3 Å². The van der Waals surface area contributed by atoms with E-state index < -0.39 is 0 Å². The Labute approximate surface area is 204 Å². The fraction of sp³-hybridized carbons (Fsp3) is 0.577. The lowest BCUT2D eigenvalue weighted by Crippen LogP contribution is -2.44. The van der Waals surface area contributed by atoms with Gasteiger partial charge in [-0.05, 0) is 62.5 Å². The van der Waals surface area contributed by atoms with Crippen LogP contribution in [0.2, 0.25) is 0 Å². The van der Waals surface area contributed by atoms with Crippen LogP contribution in [0.3, 0.4) is 0 Å². The summed E-state index contributed by atoms with van der Waals surface area (Å²) in [5.41, 5.74) is 4.12. The lowest BCUT2D eigenvalue weighted by atomic mass is 9.81. The second kappa shape index (κ2) is 9.76. The fourth-order valence-electron chi connectivity index (χ4n) is 5.90. The number of amides is 1. The Morgan fingerprint density at radius 2 is 1.85 bits per heavy atom. The molecule has 3 fully saturated rings. The van der Waals surface area contributed by atoms with Gasteiger partial charge in [-0.2, -0.15) is 0 Å². The number of nitrogens with one attached hydrogen (secondary N) is 1. The van der Waals surface area contributed by atoms with Crippen molar-refractivity contribution in [1.29, 1.82) is 0 Å². The normalized spacial score (nSPS) is 24.5. The number of likely N-dealkylation sites (tertiary alicyclic amines) is 1. The summed E-state index contributed by atoms with van der Waals surface area (Å²) in [7, 11) is 0. The van der Waals surface area contributed by atoms with E-state index in [9.17, 15) is 4.79 Å². The van der Waals surface area contributed by atoms with Crippen LogP contribution in [0.25, 0.3) is 22.3 Å². The lowest BCUT2D eigenvalue weighted by molar-refractivity contribution is 0.00729. The standard InChI is InChI=1S/C26H33N5O2S/c32-26(31-8-2-1-3-9-31)25-29-23(17-34-25)22-16-28-24-21(22)14-19(15-27-24)18-4-6-20(7-5-18)30-10-12-33-13-11-30/h14-18,20H,1-13H2,(H,27,28)/t18-,20+. The molecule has 0 aromatic carbocycles. The van der Waals surface area contributed by atoms with Gasteiger partial charge < -0.3 is 14.6 Å². The van der Waals surface area contributed by atoms with Crippen LogP contribution in [0.4, 0.5) is 0 Å². The Balaban J connectivity index is 1.18. The topological polar surface area (TPSA) is 74.3 Å². The quantitative estimate of drug-likeness (QED) is 0.589. The number of aromatic amines is 1. The van der Waals surface area contributed by atoms with Gasteiger partial charge in [0.2, 0.25) is 0 Å². The number of morpholine rings is 1. The van der Waals surface area contributed by atoms with Crippen molar-refractivity contribution in [3.05, 3.63) is 34.4 Å². The van der Waals surface area contributed by atoms with Crippen LogP contribution in [0.15, 0.2) is 23.8 Å². The molecule has 1 aliphatic carbocycles. The maximum absolute atomic E-state index is 12.9. The van der Waals surface area contributed by atoms with Crippen LogP contribution in [-0.2, 0) is 4.74 Å². The van der Waals surface area contributed by atoms with E-state index in [4.69, 9.17) is 14.7 Å². The number of carbonyl (C=O) groups is 1. The highest BCUT2D eigenvalue weighted by molar-refractivity contribution is 7.12. The van der Waals surface area contributed by atoms with Crippen LogP contribution >= 0.6 is 11.3 Å². The summed E-state index contributed by atoms with van der Waals surface area (Å²) in [5.74, 6) is 0.634. The Morgan fingerprint density at radius 1 is 1.06 bits per heavy atom. The van der Waals surface area contributed by atoms with E-state index in [2.05, 4.69) is 22.1 Å². The lowest BCUT2D eigenvalue weighted by Gasteiger charge is -2.38. The number of aromatic nitrogens is 3. The first kappa shape index (κ1) is 22.2. The molecule has 180 valence electrons. The second-order valence-electron chi connectivity index (χ2n) is 9.91. The molecule has 2 saturated heterocycles. The molecule has 6 rings (SSSR count). The number of piperidine rings is 1. The number of rotatable bonds is 4. The van der Waals surface area contributed by atoms with Crippen molar-refractivity contribution in [1.82, 2.24) is 24.8 Å². The summed E-state index contributed by atoms with van der Waals surface area (Å²) in [6.45, 7) is 5.60. The number of ether oxygens (including phenoxy) is 1. The predicted molar refractivity (Wildman–Crippen MR) is 134 cm³/mol. The molecule has 3 aromatic rings. The van der Waals surface area contributed by atoms with E-state index in [1.165, 1.54) is 49.0 Å². The van der Waals surface area contributed by atoms with Crippen molar-refractivity contribution in [2.24, 2.45) is 0 Å². The van der Waals surface area contributed by atoms with Crippen LogP contribution in [0.1, 0.15) is 66.2 Å². The molecule has 7 nitrogen and oxygen atoms in total. The summed E-state index contributed by atoms with van der Waals surface area (Å²) in [6, 6.07) is 3.00. The molecule has 8 heteroatoms. The largest absolute Gasteiger partial charge is 0.379 e. The van der Waals surface area contributed by atoms with Gasteiger partial charge in [-0.3, -0.25) is 9.69 Å². The number of fused-ring (bicyclic) bond motifs is 1. The summed E-state index contributed by atoms with van der Waals surface area (Å²) in [6.07, 6.45) is 12.3. The molecule has 0 bridgehead atoms. The number of nitrogens with zero attached hydrogens (tertiary/aromatic N) is 4. The van der Waals surface area contributed by atoms with Crippen molar-refractivity contribution in [2.45, 2.75) is 56.9 Å². The Morgan fingerprint density at radius 3 is 2.65 bits per heavy atom. The minimum absolute atomic E-state index is 0.0756. The molecule has 34 heavy (non-hydrogen) atoms. The number of carbonyl (C=O) groups excluding carboxylic acids is 1. The van der Waals surface area contributed by atoms with Gasteiger partial charge in [-0.15, -0.1) is 11.3 Å². The molecule has 2 aliphatic heterocycles. The number of pyridine rings is 1. The molecule has 1 N–H and O–H groups in total. The second-order valence-corrected chi connectivity index (χ2v) is 10.8. The van der Waals surface area contributed by atoms with E-state index in [1.807, 2.05) is 16.5 Å². The molecule has 3 aromatic heterocycles. The molecule has 0 radical (unpaired) electrons. The molecule has 1 amide bonds. The molecular formula is C26H33N5O2S. The third-order valence-corrected chi connectivity index (χ3v) is 8.72. The minimum atomic E-state index is 0.0756. The summed E-state index contributed by atoms with van der Waals surface area (Å²) >= 11 is 1.45. The summed E-state index contributed by atoms with van der Waals surface area (Å²) < 4.78 is 5.53. The zero-order chi connectivity index (χ0) is 22.9. The summed E-state index contributed by atoms with van der Waals surface area (Å²) in [4.78, 5) is 30.3. The highest BCUT2D eigenvalue weighted by Gasteiger charge is 2.28. The third-order valence-electron chi connectivity index (χ3n) is 7.89. The van der Waals surface area contributed by atoms with Crippen LogP contribution in [0.5, 0.6) is 0 Å². The van der Waals surface area contributed by atoms with Gasteiger partial charge in [-0.25, -0.2) is 9.97 Å². The molecule has 1 saturated carbocycles. The van der Waals surface area contributed by atoms with Gasteiger partial charge >= 0.3 is 0 Å². The third kappa shape index (κ3) is 4.39. The van der Waals surface area contributed by atoms with E-state index in [-0.39, 0.29) is 5.91 Å². The first-order chi connectivity index (χ1) is 16.8. The van der Waals surface area contributed by atoms with Crippen molar-refractivity contribution in [3.63, 3.8) is 0 Å². The average Bonchev–Trinajstić information content (AvgIpc) is 3.56. The maximum Gasteiger partial charge on any atom is 0.282 e. The van der Waals surface area contributed by atoms with Gasteiger partial charge in [0, 0.05) is 60.9 Å². The first-order valence-electron chi connectivity index (χ1n) is 12.8. The molecule has 0 unspecified atom stereocenters. The van der Waals surface area contributed by atoms with E-state index in [1.54, 1.807) is 0 Å². The minimum Gasteiger partial charge on any atom is -0.379 e. The highest BCUT2D eigenvalue weighted by Crippen LogP contribution is 2.37. The van der Waals surface area contributed by atoms with E-state index >= 15 is 0 Å². The summed E-state index contributed by atoms with van der Waals surface area (Å²) in [5, 5.41) is 3.71. The zero-order valence-corrected chi connectivity index (χ0v) is 20.5. The Bertz CT molecular complexity index is 1140. The molecule has 3 aliphatic rings. The van der Waals surface area contributed by atoms with Gasteiger partial charge in [-0.1, -0.05) is 0 Å². The van der Waals surface area contributed by atoms with E-state index in [0.717, 1.165) is 74.5 Å². The number of hydrogen-bond donors (Lipinski definition) is 1. The highest BCUT2D eigenvalue weighted by atomic mass is 32.1. The van der Waals surface area contributed by atoms with Crippen molar-refractivity contribution >= 4 is 28.3 Å². The molecular weight excluding hydrogens is 446 g/mol. The average molecular weight is 480 g/mol. The Kier molecular flexibility index (Phi) is 6.37. The number of H-pyrrole nitrogens is 1. The fourth-order valence-corrected chi connectivity index (χ4v) is 6.68. The van der Waals surface area contributed by atoms with Gasteiger partial charge in [0.25, 0.3) is 5.91 Å². The SMILES string of the molecule is O=C(c1nc(-c2c[nH]c3ncc([C@H]4CC[C@@H](N5CCOCC5)CC4)cc23)cs1)N1CCCCC1. The first-order valence-corrected chi connectivity index (χ1v) is 13.7. The molecule has 5 heterocycles. The maximum atomic E-state index is 12.9. The number of thiazole rings is 1. The van der Waals surface area contributed by atoms with Gasteiger partial charge in [0.15, 0.2) is 5.01 Å². The monoisotopic (exact) mass is 479 g/mol. The zero-order valence-electron chi connectivity index (χ0n) is 19.7. The molecule has 0 atom stereocenters. The Hall–Kier alpha value is -2.29. The van der Waals surface area contributed by atoms with E-state index in [0.29, 0.717) is 17.0 Å². The van der Waals surface area contributed by atoms with Gasteiger partial charge in [0.1, 0.15) is 5.65 Å². The molecule has 0 spiro atoms. The van der Waals surface area contributed by atoms with Crippen LogP contribution in [-0.4, -0.2) is 76.1 Å². The smallest absolute Gasteiger partial charge is 0.282 e. The van der Waals surface area contributed by atoms with Gasteiger partial charge in [0.05, 0.1) is 18.9 Å².